The van der Waals surface area contributed by atoms with E-state index in [0.29, 0.717) is 19.4 Å². The Morgan fingerprint density at radius 3 is 1.24 bits per heavy atom. The van der Waals surface area contributed by atoms with Gasteiger partial charge in [0.25, 0.3) is 0 Å². The second-order valence-corrected chi connectivity index (χ2v) is 17.0. The molecule has 0 aromatic carbocycles. The molecule has 0 radical (unpaired) electrons. The molecule has 0 saturated heterocycles. The molecule has 1 atom stereocenters. The Bertz CT molecular complexity index is 1160. The highest BCUT2D eigenvalue weighted by Gasteiger charge is 2.17. The van der Waals surface area contributed by atoms with Crippen LogP contribution in [0.4, 0.5) is 0 Å². The van der Waals surface area contributed by atoms with E-state index in [1.54, 1.807) is 0 Å². The van der Waals surface area contributed by atoms with Crippen molar-refractivity contribution in [3.63, 3.8) is 0 Å². The number of hydrogen-bond donors (Lipinski definition) is 0. The first-order valence-electron chi connectivity index (χ1n) is 26.1. The Labute approximate surface area is 384 Å². The van der Waals surface area contributed by atoms with E-state index in [-0.39, 0.29) is 25.2 Å². The van der Waals surface area contributed by atoms with Crippen LogP contribution in [0.15, 0.2) is 85.1 Å². The summed E-state index contributed by atoms with van der Waals surface area (Å²) in [5.41, 5.74) is 0. The van der Waals surface area contributed by atoms with Crippen LogP contribution in [0.1, 0.15) is 239 Å². The van der Waals surface area contributed by atoms with E-state index >= 15 is 0 Å². The average molecular weight is 863 g/mol. The molecule has 0 N–H and O–H groups in total. The molecule has 0 aliphatic carbocycles. The molecule has 0 saturated carbocycles. The van der Waals surface area contributed by atoms with E-state index in [9.17, 15) is 9.59 Å². The molecule has 5 nitrogen and oxygen atoms in total. The second kappa shape index (κ2) is 52.4. The van der Waals surface area contributed by atoms with Gasteiger partial charge in [0.15, 0.2) is 6.10 Å². The Morgan fingerprint density at radius 1 is 0.371 bits per heavy atom. The molecule has 62 heavy (non-hydrogen) atoms. The number of carbonyl (C=O) groups is 2. The van der Waals surface area contributed by atoms with E-state index in [1.807, 2.05) is 0 Å². The van der Waals surface area contributed by atoms with Crippen LogP contribution in [0.3, 0.4) is 0 Å². The normalized spacial score (nSPS) is 12.9. The van der Waals surface area contributed by atoms with Crippen molar-refractivity contribution < 1.29 is 23.8 Å². The summed E-state index contributed by atoms with van der Waals surface area (Å²) in [6.45, 7) is 7.58. The number of allylic oxidation sites excluding steroid dienone is 14. The van der Waals surface area contributed by atoms with Gasteiger partial charge in [-0.05, 0) is 109 Å². The zero-order chi connectivity index (χ0) is 44.9. The average Bonchev–Trinajstić information content (AvgIpc) is 3.27. The lowest BCUT2D eigenvalue weighted by molar-refractivity contribution is -0.163. The van der Waals surface area contributed by atoms with Gasteiger partial charge in [-0.1, -0.05) is 202 Å². The lowest BCUT2D eigenvalue weighted by atomic mass is 10.1. The van der Waals surface area contributed by atoms with Crippen LogP contribution < -0.4 is 0 Å². The topological polar surface area (TPSA) is 61.8 Å². The lowest BCUT2D eigenvalue weighted by Gasteiger charge is -2.18. The zero-order valence-corrected chi connectivity index (χ0v) is 40.9. The van der Waals surface area contributed by atoms with Crippen molar-refractivity contribution in [3.8, 4) is 0 Å². The van der Waals surface area contributed by atoms with Gasteiger partial charge >= 0.3 is 11.9 Å². The first kappa shape index (κ1) is 59.1. The molecule has 1 unspecified atom stereocenters. The predicted octanol–water partition coefficient (Wildman–Crippen LogP) is 17.7. The van der Waals surface area contributed by atoms with Crippen molar-refractivity contribution in [2.75, 3.05) is 19.8 Å². The van der Waals surface area contributed by atoms with Crippen LogP contribution in [0.5, 0.6) is 0 Å². The van der Waals surface area contributed by atoms with Crippen molar-refractivity contribution >= 4 is 11.9 Å². The van der Waals surface area contributed by atoms with E-state index in [4.69, 9.17) is 14.2 Å². The third kappa shape index (κ3) is 49.7. The van der Waals surface area contributed by atoms with Crippen molar-refractivity contribution in [1.29, 1.82) is 0 Å². The lowest BCUT2D eigenvalue weighted by Crippen LogP contribution is -2.30. The number of esters is 2. The predicted molar refractivity (Wildman–Crippen MR) is 270 cm³/mol. The smallest absolute Gasteiger partial charge is 0.306 e. The highest BCUT2D eigenvalue weighted by Crippen LogP contribution is 2.14. The SMILES string of the molecule is CC/C=C\C/C=C\C/C=C\CCCCCC(=O)OCC(COCCCCCCCCCCCC/C=C\C/C=C\CCCCC)OC(=O)CCCCCCC/C=C\C/C=C\CCC. The highest BCUT2D eigenvalue weighted by atomic mass is 16.6. The standard InChI is InChI=1S/C57H98O5/c1-4-7-10-13-16-19-22-25-26-27-28-29-30-31-34-37-40-43-46-49-52-60-53-55(62-57(59)51-48-45-42-39-36-33-24-21-18-15-12-9-6-3)54-61-56(58)50-47-44-41-38-35-32-23-20-17-14-11-8-5-2/h8,11-12,15-17,19-21,24-26,32,35,55H,4-7,9-10,13-14,18,22-23,27-31,33-34,36-54H2,1-3H3/b11-8-,15-12-,19-16-,20-17-,24-21-,26-25-,35-32-. The van der Waals surface area contributed by atoms with Crippen molar-refractivity contribution in [2.24, 2.45) is 0 Å². The fourth-order valence-electron chi connectivity index (χ4n) is 7.00. The number of hydrogen-bond acceptors (Lipinski definition) is 5. The van der Waals surface area contributed by atoms with Gasteiger partial charge in [-0.3, -0.25) is 9.59 Å². The molecule has 356 valence electrons. The minimum atomic E-state index is -0.560. The summed E-state index contributed by atoms with van der Waals surface area (Å²) in [6.07, 6.45) is 68.8. The Morgan fingerprint density at radius 2 is 0.758 bits per heavy atom. The maximum absolute atomic E-state index is 12.8. The molecule has 0 spiro atoms. The molecule has 0 fully saturated rings. The van der Waals surface area contributed by atoms with Crippen LogP contribution in [0.25, 0.3) is 0 Å². The molecule has 0 heterocycles. The molecule has 0 aliphatic rings. The van der Waals surface area contributed by atoms with Crippen LogP contribution in [0.2, 0.25) is 0 Å². The summed E-state index contributed by atoms with van der Waals surface area (Å²) in [5.74, 6) is -0.449. The third-order valence-electron chi connectivity index (χ3n) is 10.9. The van der Waals surface area contributed by atoms with Crippen molar-refractivity contribution in [3.05, 3.63) is 85.1 Å². The summed E-state index contributed by atoms with van der Waals surface area (Å²) in [6, 6.07) is 0. The van der Waals surface area contributed by atoms with Crippen LogP contribution >= 0.6 is 0 Å². The maximum atomic E-state index is 12.8. The fourth-order valence-corrected chi connectivity index (χ4v) is 7.00. The van der Waals surface area contributed by atoms with Crippen LogP contribution in [0, 0.1) is 0 Å². The van der Waals surface area contributed by atoms with Crippen LogP contribution in [-0.4, -0.2) is 37.9 Å². The molecule has 0 aliphatic heterocycles. The van der Waals surface area contributed by atoms with Gasteiger partial charge in [0.1, 0.15) is 6.61 Å². The largest absolute Gasteiger partial charge is 0.462 e. The third-order valence-corrected chi connectivity index (χ3v) is 10.9. The Hall–Kier alpha value is -2.92. The van der Waals surface area contributed by atoms with Gasteiger partial charge in [0.05, 0.1) is 6.61 Å². The summed E-state index contributed by atoms with van der Waals surface area (Å²) in [4.78, 5) is 25.4. The van der Waals surface area contributed by atoms with Gasteiger partial charge in [-0.2, -0.15) is 0 Å². The second-order valence-electron chi connectivity index (χ2n) is 17.0. The van der Waals surface area contributed by atoms with E-state index in [2.05, 4.69) is 106 Å². The quantitative estimate of drug-likeness (QED) is 0.0346. The molecular formula is C57H98O5. The zero-order valence-electron chi connectivity index (χ0n) is 40.9. The van der Waals surface area contributed by atoms with Crippen LogP contribution in [-0.2, 0) is 23.8 Å². The Kier molecular flexibility index (Phi) is 50.0. The van der Waals surface area contributed by atoms with Gasteiger partial charge in [0, 0.05) is 19.4 Å². The molecule has 5 heteroatoms. The number of unbranched alkanes of at least 4 members (excludes halogenated alkanes) is 22. The molecule has 0 aromatic rings. The monoisotopic (exact) mass is 863 g/mol. The molecule has 0 rings (SSSR count). The summed E-state index contributed by atoms with van der Waals surface area (Å²) in [5, 5.41) is 0. The maximum Gasteiger partial charge on any atom is 0.306 e. The minimum absolute atomic E-state index is 0.0600. The number of ether oxygens (including phenoxy) is 3. The number of rotatable bonds is 47. The van der Waals surface area contributed by atoms with E-state index in [0.717, 1.165) is 103 Å². The van der Waals surface area contributed by atoms with Gasteiger partial charge in [-0.25, -0.2) is 0 Å². The van der Waals surface area contributed by atoms with Gasteiger partial charge in [-0.15, -0.1) is 0 Å². The molecular weight excluding hydrogens is 765 g/mol. The van der Waals surface area contributed by atoms with Crippen molar-refractivity contribution in [2.45, 2.75) is 245 Å². The van der Waals surface area contributed by atoms with Crippen molar-refractivity contribution in [1.82, 2.24) is 0 Å². The van der Waals surface area contributed by atoms with E-state index in [1.165, 1.54) is 103 Å². The molecule has 0 bridgehead atoms. The Balaban J connectivity index is 4.29. The first-order chi connectivity index (χ1) is 30.6. The van der Waals surface area contributed by atoms with Gasteiger partial charge in [0.2, 0.25) is 0 Å². The summed E-state index contributed by atoms with van der Waals surface area (Å²) < 4.78 is 17.4. The molecule has 0 amide bonds. The summed E-state index contributed by atoms with van der Waals surface area (Å²) >= 11 is 0. The highest BCUT2D eigenvalue weighted by molar-refractivity contribution is 5.70. The first-order valence-corrected chi connectivity index (χ1v) is 26.1. The minimum Gasteiger partial charge on any atom is -0.462 e. The molecule has 0 aromatic heterocycles. The van der Waals surface area contributed by atoms with Gasteiger partial charge < -0.3 is 14.2 Å². The van der Waals surface area contributed by atoms with E-state index < -0.39 is 6.10 Å². The fraction of sp³-hybridized carbons (Fsp3) is 0.719. The summed E-state index contributed by atoms with van der Waals surface area (Å²) in [7, 11) is 0. The number of carbonyl (C=O) groups excluding carboxylic acids is 2.